The average molecular weight is 331 g/mol. The fourth-order valence-electron chi connectivity index (χ4n) is 7.81. The molecule has 6 atom stereocenters. The molecule has 0 radical (unpaired) electrons. The maximum atomic E-state index is 12.7. The topological polar surface area (TPSA) is 26.3 Å². The number of allylic oxidation sites excluding steroid dienone is 2. The van der Waals surface area contributed by atoms with Gasteiger partial charge in [0.1, 0.15) is 0 Å². The van der Waals surface area contributed by atoms with Crippen molar-refractivity contribution in [3.8, 4) is 0 Å². The summed E-state index contributed by atoms with van der Waals surface area (Å²) in [6.45, 7) is 7.07. The van der Waals surface area contributed by atoms with Gasteiger partial charge in [-0.15, -0.1) is 0 Å². The normalized spacial score (nSPS) is 49.8. The number of carbonyl (C=O) groups excluding carboxylic acids is 1. The Morgan fingerprint density at radius 3 is 2.62 bits per heavy atom. The predicted molar refractivity (Wildman–Crippen MR) is 96.4 cm³/mol. The lowest BCUT2D eigenvalue weighted by Gasteiger charge is -2.66. The van der Waals surface area contributed by atoms with Crippen LogP contribution in [0.25, 0.3) is 0 Å². The summed E-state index contributed by atoms with van der Waals surface area (Å²) in [5, 5.41) is 0. The van der Waals surface area contributed by atoms with Gasteiger partial charge < -0.3 is 4.74 Å². The molecule has 5 aliphatic rings. The van der Waals surface area contributed by atoms with Crippen LogP contribution in [0.2, 0.25) is 0 Å². The first kappa shape index (κ1) is 16.7. The molecule has 6 unspecified atom stereocenters. The SMILES string of the molecule is CCC1=CC23CCC1CC2C1(C)CCCC(C)(C(=O)OC)C1CC3. The van der Waals surface area contributed by atoms with Crippen molar-refractivity contribution >= 4 is 5.97 Å². The smallest absolute Gasteiger partial charge is 0.311 e. The van der Waals surface area contributed by atoms with Gasteiger partial charge in [0.25, 0.3) is 0 Å². The molecule has 0 saturated heterocycles. The molecule has 2 heteroatoms. The fraction of sp³-hybridized carbons (Fsp3) is 0.864. The Morgan fingerprint density at radius 1 is 1.17 bits per heavy atom. The van der Waals surface area contributed by atoms with E-state index in [9.17, 15) is 4.79 Å². The number of esters is 1. The first-order valence-electron chi connectivity index (χ1n) is 10.2. The van der Waals surface area contributed by atoms with Gasteiger partial charge >= 0.3 is 5.97 Å². The maximum absolute atomic E-state index is 12.7. The van der Waals surface area contributed by atoms with Crippen LogP contribution in [0.1, 0.15) is 78.6 Å². The number of rotatable bonds is 2. The molecular formula is C22H34O2. The summed E-state index contributed by atoms with van der Waals surface area (Å²) in [4.78, 5) is 12.7. The third-order valence-electron chi connectivity index (χ3n) is 8.90. The molecule has 134 valence electrons. The monoisotopic (exact) mass is 330 g/mol. The molecule has 5 aliphatic carbocycles. The molecular weight excluding hydrogens is 296 g/mol. The Balaban J connectivity index is 1.74. The lowest BCUT2D eigenvalue weighted by Crippen LogP contribution is -2.60. The number of hydrogen-bond acceptors (Lipinski definition) is 2. The Hall–Kier alpha value is -0.790. The van der Waals surface area contributed by atoms with Crippen molar-refractivity contribution < 1.29 is 9.53 Å². The summed E-state index contributed by atoms with van der Waals surface area (Å²) >= 11 is 0. The summed E-state index contributed by atoms with van der Waals surface area (Å²) in [5.74, 6) is 2.14. The van der Waals surface area contributed by atoms with Crippen LogP contribution < -0.4 is 0 Å². The zero-order chi connectivity index (χ0) is 17.2. The molecule has 3 fully saturated rings. The third kappa shape index (κ3) is 1.98. The molecule has 24 heavy (non-hydrogen) atoms. The van der Waals surface area contributed by atoms with Crippen LogP contribution in [0.4, 0.5) is 0 Å². The number of carbonyl (C=O) groups is 1. The van der Waals surface area contributed by atoms with Crippen molar-refractivity contribution in [2.75, 3.05) is 7.11 Å². The standard InChI is InChI=1S/C22H34O2/c1-5-15-14-22-11-7-16(15)13-18(22)20(2)9-6-10-21(3,19(23)24-4)17(20)8-12-22/h14,16-18H,5-13H2,1-4H3. The highest BCUT2D eigenvalue weighted by molar-refractivity contribution is 5.77. The first-order chi connectivity index (χ1) is 11.4. The Labute approximate surface area is 147 Å². The van der Waals surface area contributed by atoms with Crippen molar-refractivity contribution in [3.05, 3.63) is 11.6 Å². The molecule has 0 amide bonds. The summed E-state index contributed by atoms with van der Waals surface area (Å²) in [6.07, 6.45) is 14.1. The van der Waals surface area contributed by atoms with Crippen LogP contribution in [-0.2, 0) is 9.53 Å². The quantitative estimate of drug-likeness (QED) is 0.492. The summed E-state index contributed by atoms with van der Waals surface area (Å²) in [7, 11) is 1.57. The van der Waals surface area contributed by atoms with E-state index < -0.39 is 0 Å². The van der Waals surface area contributed by atoms with Crippen LogP contribution in [0.3, 0.4) is 0 Å². The lowest BCUT2D eigenvalue weighted by atomic mass is 9.38. The van der Waals surface area contributed by atoms with E-state index in [0.717, 1.165) is 18.3 Å². The van der Waals surface area contributed by atoms with Gasteiger partial charge in [-0.1, -0.05) is 31.9 Å². The number of hydrogen-bond donors (Lipinski definition) is 0. The number of fused-ring (bicyclic) bond motifs is 2. The van der Waals surface area contributed by atoms with E-state index in [2.05, 4.69) is 26.8 Å². The van der Waals surface area contributed by atoms with Crippen molar-refractivity contribution in [2.24, 2.45) is 34.0 Å². The van der Waals surface area contributed by atoms with Gasteiger partial charge in [-0.25, -0.2) is 0 Å². The van der Waals surface area contributed by atoms with Crippen LogP contribution in [0.5, 0.6) is 0 Å². The van der Waals surface area contributed by atoms with E-state index >= 15 is 0 Å². The van der Waals surface area contributed by atoms with Crippen molar-refractivity contribution in [1.82, 2.24) is 0 Å². The van der Waals surface area contributed by atoms with Gasteiger partial charge in [-0.05, 0) is 86.9 Å². The van der Waals surface area contributed by atoms with E-state index in [-0.39, 0.29) is 11.4 Å². The first-order valence-corrected chi connectivity index (χ1v) is 10.2. The van der Waals surface area contributed by atoms with Crippen LogP contribution >= 0.6 is 0 Å². The van der Waals surface area contributed by atoms with E-state index in [1.54, 1.807) is 12.7 Å². The molecule has 0 aromatic rings. The second kappa shape index (κ2) is 5.35. The van der Waals surface area contributed by atoms with Gasteiger partial charge in [0.15, 0.2) is 0 Å². The van der Waals surface area contributed by atoms with E-state index in [1.165, 1.54) is 51.4 Å². The average Bonchev–Trinajstić information content (AvgIpc) is 2.60. The van der Waals surface area contributed by atoms with Crippen LogP contribution in [0, 0.1) is 34.0 Å². The minimum atomic E-state index is -0.267. The molecule has 5 rings (SSSR count). The van der Waals surface area contributed by atoms with E-state index in [4.69, 9.17) is 4.74 Å². The van der Waals surface area contributed by atoms with Gasteiger partial charge in [-0.2, -0.15) is 0 Å². The van der Waals surface area contributed by atoms with Gasteiger partial charge in [0.2, 0.25) is 0 Å². The highest BCUT2D eigenvalue weighted by Crippen LogP contribution is 2.70. The molecule has 0 aliphatic heterocycles. The van der Waals surface area contributed by atoms with Crippen molar-refractivity contribution in [3.63, 3.8) is 0 Å². The summed E-state index contributed by atoms with van der Waals surface area (Å²) in [5.41, 5.74) is 2.23. The molecule has 0 aromatic carbocycles. The fourth-order valence-corrected chi connectivity index (χ4v) is 7.81. The number of methoxy groups -OCH3 is 1. The Morgan fingerprint density at radius 2 is 1.92 bits per heavy atom. The highest BCUT2D eigenvalue weighted by Gasteiger charge is 2.64. The zero-order valence-electron chi connectivity index (χ0n) is 16.0. The minimum absolute atomic E-state index is 0.0418. The second-order valence-corrected chi connectivity index (χ2v) is 9.69. The number of ether oxygens (including phenoxy) is 1. The molecule has 2 nitrogen and oxygen atoms in total. The highest BCUT2D eigenvalue weighted by atomic mass is 16.5. The molecule has 0 N–H and O–H groups in total. The second-order valence-electron chi connectivity index (χ2n) is 9.69. The van der Waals surface area contributed by atoms with Gasteiger partial charge in [-0.3, -0.25) is 4.79 Å². The van der Waals surface area contributed by atoms with Gasteiger partial charge in [0, 0.05) is 0 Å². The minimum Gasteiger partial charge on any atom is -0.469 e. The largest absolute Gasteiger partial charge is 0.469 e. The van der Waals surface area contributed by atoms with E-state index in [0.29, 0.717) is 16.7 Å². The summed E-state index contributed by atoms with van der Waals surface area (Å²) < 4.78 is 5.27. The molecule has 0 heterocycles. The lowest BCUT2D eigenvalue weighted by molar-refractivity contribution is -0.183. The predicted octanol–water partition coefficient (Wildman–Crippen LogP) is 5.52. The maximum Gasteiger partial charge on any atom is 0.311 e. The molecule has 0 aromatic heterocycles. The van der Waals surface area contributed by atoms with Gasteiger partial charge in [0.05, 0.1) is 12.5 Å². The molecule has 1 spiro atoms. The molecule has 2 bridgehead atoms. The van der Waals surface area contributed by atoms with E-state index in [1.807, 2.05) is 0 Å². The van der Waals surface area contributed by atoms with Crippen LogP contribution in [-0.4, -0.2) is 13.1 Å². The Bertz CT molecular complexity index is 579. The summed E-state index contributed by atoms with van der Waals surface area (Å²) in [6, 6.07) is 0. The Kier molecular flexibility index (Phi) is 3.72. The van der Waals surface area contributed by atoms with Crippen LogP contribution in [0.15, 0.2) is 11.6 Å². The van der Waals surface area contributed by atoms with Crippen molar-refractivity contribution in [2.45, 2.75) is 78.6 Å². The molecule has 3 saturated carbocycles. The van der Waals surface area contributed by atoms with Crippen molar-refractivity contribution in [1.29, 1.82) is 0 Å². The zero-order valence-corrected chi connectivity index (χ0v) is 16.0. The third-order valence-corrected chi connectivity index (χ3v) is 8.90.